The number of rotatable bonds is 6. The molecule has 0 spiro atoms. The molecular weight excluding hydrogens is 293 g/mol. The number of aromatic nitrogens is 3. The van der Waals surface area contributed by atoms with E-state index in [2.05, 4.69) is 16.1 Å². The summed E-state index contributed by atoms with van der Waals surface area (Å²) in [5.74, 6) is -0.223. The second-order valence-electron chi connectivity index (χ2n) is 5.28. The van der Waals surface area contributed by atoms with Crippen LogP contribution in [0.1, 0.15) is 11.3 Å². The van der Waals surface area contributed by atoms with Crippen LogP contribution in [-0.4, -0.2) is 28.5 Å². The van der Waals surface area contributed by atoms with E-state index in [4.69, 9.17) is 4.74 Å². The molecular formula is C18H18FN3O. The summed E-state index contributed by atoms with van der Waals surface area (Å²) >= 11 is 0. The third kappa shape index (κ3) is 3.81. The number of nitrogens with zero attached hydrogens (tertiary/aromatic N) is 3. The lowest BCUT2D eigenvalue weighted by Crippen LogP contribution is -2.10. The van der Waals surface area contributed by atoms with E-state index in [0.29, 0.717) is 19.6 Å². The molecule has 3 rings (SSSR count). The van der Waals surface area contributed by atoms with Crippen LogP contribution >= 0.6 is 0 Å². The first-order chi connectivity index (χ1) is 11.3. The van der Waals surface area contributed by atoms with Crippen molar-refractivity contribution in [1.82, 2.24) is 14.8 Å². The van der Waals surface area contributed by atoms with Crippen molar-refractivity contribution in [2.24, 2.45) is 0 Å². The molecule has 2 heterocycles. The molecule has 0 atom stereocenters. The largest absolute Gasteiger partial charge is 0.383 e. The molecule has 5 heteroatoms. The maximum absolute atomic E-state index is 13.1. The fourth-order valence-electron chi connectivity index (χ4n) is 2.44. The monoisotopic (exact) mass is 311 g/mol. The molecule has 0 bridgehead atoms. The molecule has 23 heavy (non-hydrogen) atoms. The molecule has 0 aliphatic rings. The lowest BCUT2D eigenvalue weighted by Gasteiger charge is -2.07. The van der Waals surface area contributed by atoms with Gasteiger partial charge in [-0.1, -0.05) is 12.1 Å². The highest BCUT2D eigenvalue weighted by Gasteiger charge is 2.10. The van der Waals surface area contributed by atoms with Gasteiger partial charge in [0.25, 0.3) is 0 Å². The first kappa shape index (κ1) is 15.4. The Morgan fingerprint density at radius 1 is 1.09 bits per heavy atom. The minimum absolute atomic E-state index is 0.223. The predicted molar refractivity (Wildman–Crippen MR) is 86.5 cm³/mol. The molecule has 0 amide bonds. The Morgan fingerprint density at radius 3 is 2.52 bits per heavy atom. The van der Waals surface area contributed by atoms with Crippen molar-refractivity contribution in [3.63, 3.8) is 0 Å². The van der Waals surface area contributed by atoms with E-state index in [0.717, 1.165) is 22.5 Å². The minimum Gasteiger partial charge on any atom is -0.383 e. The normalized spacial score (nSPS) is 10.9. The second-order valence-corrected chi connectivity index (χ2v) is 5.28. The standard InChI is InChI=1S/C18H18FN3O/c1-23-11-10-22-17(12-14-2-4-16(19)5-3-14)13-18(21-22)15-6-8-20-9-7-15/h2-9,13H,10-12H2,1H3. The molecule has 3 aromatic rings. The minimum atomic E-state index is -0.223. The number of benzene rings is 1. The molecule has 4 nitrogen and oxygen atoms in total. The Morgan fingerprint density at radius 2 is 1.83 bits per heavy atom. The third-order valence-electron chi connectivity index (χ3n) is 3.65. The highest BCUT2D eigenvalue weighted by atomic mass is 19.1. The molecule has 0 aliphatic carbocycles. The zero-order valence-corrected chi connectivity index (χ0v) is 12.9. The van der Waals surface area contributed by atoms with Gasteiger partial charge in [-0.25, -0.2) is 4.39 Å². The van der Waals surface area contributed by atoms with Crippen LogP contribution in [0.2, 0.25) is 0 Å². The van der Waals surface area contributed by atoms with Crippen LogP contribution in [0.15, 0.2) is 54.9 Å². The van der Waals surface area contributed by atoms with E-state index in [1.54, 1.807) is 31.6 Å². The van der Waals surface area contributed by atoms with Crippen molar-refractivity contribution >= 4 is 0 Å². The summed E-state index contributed by atoms with van der Waals surface area (Å²) in [4.78, 5) is 4.04. The molecule has 0 N–H and O–H groups in total. The van der Waals surface area contributed by atoms with Crippen LogP contribution in [0.25, 0.3) is 11.3 Å². The molecule has 2 aromatic heterocycles. The van der Waals surface area contributed by atoms with Gasteiger partial charge in [-0.2, -0.15) is 5.10 Å². The maximum Gasteiger partial charge on any atom is 0.123 e. The summed E-state index contributed by atoms with van der Waals surface area (Å²) in [5, 5.41) is 4.67. The predicted octanol–water partition coefficient (Wildman–Crippen LogP) is 3.32. The number of ether oxygens (including phenoxy) is 1. The Labute approximate surface area is 134 Å². The fraction of sp³-hybridized carbons (Fsp3) is 0.222. The third-order valence-corrected chi connectivity index (χ3v) is 3.65. The SMILES string of the molecule is COCCn1nc(-c2ccncc2)cc1Cc1ccc(F)cc1. The number of halogens is 1. The molecule has 1 aromatic carbocycles. The van der Waals surface area contributed by atoms with Gasteiger partial charge in [0.05, 0.1) is 18.8 Å². The summed E-state index contributed by atoms with van der Waals surface area (Å²) in [6.07, 6.45) is 4.20. The molecule has 118 valence electrons. The van der Waals surface area contributed by atoms with E-state index in [-0.39, 0.29) is 5.82 Å². The van der Waals surface area contributed by atoms with E-state index >= 15 is 0 Å². The summed E-state index contributed by atoms with van der Waals surface area (Å²) in [6, 6.07) is 12.5. The van der Waals surface area contributed by atoms with E-state index in [1.165, 1.54) is 12.1 Å². The first-order valence-electron chi connectivity index (χ1n) is 7.47. The summed E-state index contributed by atoms with van der Waals surface area (Å²) in [5.41, 5.74) is 4.05. The lowest BCUT2D eigenvalue weighted by molar-refractivity contribution is 0.182. The van der Waals surface area contributed by atoms with Gasteiger partial charge in [0.15, 0.2) is 0 Å². The van der Waals surface area contributed by atoms with E-state index in [9.17, 15) is 4.39 Å². The van der Waals surface area contributed by atoms with Gasteiger partial charge in [-0.15, -0.1) is 0 Å². The van der Waals surface area contributed by atoms with Gasteiger partial charge in [-0.05, 0) is 35.9 Å². The molecule has 0 fully saturated rings. The summed E-state index contributed by atoms with van der Waals surface area (Å²) in [7, 11) is 1.67. The van der Waals surface area contributed by atoms with E-state index < -0.39 is 0 Å². The van der Waals surface area contributed by atoms with Crippen LogP contribution in [-0.2, 0) is 17.7 Å². The summed E-state index contributed by atoms with van der Waals surface area (Å²) < 4.78 is 20.2. The van der Waals surface area contributed by atoms with Gasteiger partial charge in [-0.3, -0.25) is 9.67 Å². The van der Waals surface area contributed by atoms with E-state index in [1.807, 2.05) is 16.8 Å². The maximum atomic E-state index is 13.1. The molecule has 0 unspecified atom stereocenters. The molecule has 0 saturated carbocycles. The van der Waals surface area contributed by atoms with Gasteiger partial charge in [0, 0.05) is 37.2 Å². The Hall–Kier alpha value is -2.53. The van der Waals surface area contributed by atoms with Crippen molar-refractivity contribution < 1.29 is 9.13 Å². The topological polar surface area (TPSA) is 39.9 Å². The average molecular weight is 311 g/mol. The van der Waals surface area contributed by atoms with Gasteiger partial charge >= 0.3 is 0 Å². The van der Waals surface area contributed by atoms with Gasteiger partial charge < -0.3 is 4.74 Å². The Balaban J connectivity index is 1.90. The molecule has 0 aliphatic heterocycles. The van der Waals surface area contributed by atoms with Crippen molar-refractivity contribution in [2.75, 3.05) is 13.7 Å². The average Bonchev–Trinajstić information content (AvgIpc) is 2.99. The second kappa shape index (κ2) is 7.15. The quantitative estimate of drug-likeness (QED) is 0.701. The highest BCUT2D eigenvalue weighted by Crippen LogP contribution is 2.20. The van der Waals surface area contributed by atoms with Crippen LogP contribution < -0.4 is 0 Å². The summed E-state index contributed by atoms with van der Waals surface area (Å²) in [6.45, 7) is 1.27. The zero-order valence-electron chi connectivity index (χ0n) is 12.9. The Bertz CT molecular complexity index is 754. The van der Waals surface area contributed by atoms with Crippen molar-refractivity contribution in [2.45, 2.75) is 13.0 Å². The number of hydrogen-bond donors (Lipinski definition) is 0. The van der Waals surface area contributed by atoms with Crippen molar-refractivity contribution in [1.29, 1.82) is 0 Å². The fourth-order valence-corrected chi connectivity index (χ4v) is 2.44. The van der Waals surface area contributed by atoms with Crippen molar-refractivity contribution in [3.8, 4) is 11.3 Å². The van der Waals surface area contributed by atoms with Crippen LogP contribution in [0.3, 0.4) is 0 Å². The molecule has 0 radical (unpaired) electrons. The zero-order chi connectivity index (χ0) is 16.1. The molecule has 0 saturated heterocycles. The van der Waals surface area contributed by atoms with Crippen LogP contribution in [0.5, 0.6) is 0 Å². The Kier molecular flexibility index (Phi) is 4.78. The van der Waals surface area contributed by atoms with Gasteiger partial charge in [0.2, 0.25) is 0 Å². The number of hydrogen-bond acceptors (Lipinski definition) is 3. The van der Waals surface area contributed by atoms with Crippen LogP contribution in [0.4, 0.5) is 4.39 Å². The van der Waals surface area contributed by atoms with Crippen molar-refractivity contribution in [3.05, 3.63) is 71.9 Å². The number of methoxy groups -OCH3 is 1. The van der Waals surface area contributed by atoms with Gasteiger partial charge in [0.1, 0.15) is 5.82 Å². The van der Waals surface area contributed by atoms with Crippen LogP contribution in [0, 0.1) is 5.82 Å². The lowest BCUT2D eigenvalue weighted by atomic mass is 10.1. The first-order valence-corrected chi connectivity index (χ1v) is 7.47. The highest BCUT2D eigenvalue weighted by molar-refractivity contribution is 5.58. The number of pyridine rings is 1. The smallest absolute Gasteiger partial charge is 0.123 e.